The molecule has 0 aliphatic heterocycles. The van der Waals surface area contributed by atoms with Gasteiger partial charge in [-0.25, -0.2) is 0 Å². The summed E-state index contributed by atoms with van der Waals surface area (Å²) in [5, 5.41) is 11.5. The second-order valence-electron chi connectivity index (χ2n) is 3.56. The van der Waals surface area contributed by atoms with Crippen LogP contribution in [0.3, 0.4) is 0 Å². The molecule has 0 aliphatic carbocycles. The van der Waals surface area contributed by atoms with Crippen LogP contribution in [0.25, 0.3) is 0 Å². The standard InChI is InChI=1S/C12H12ClN3S2.ClH/c1-17-12-9(6-10(18-12)11(14)15)16-8-4-2-7(13)3-5-8;/h2-6,16H,1H3,(H3,14,15);1H. The number of amidine groups is 1. The fourth-order valence-corrected chi connectivity index (χ4v) is 3.20. The van der Waals surface area contributed by atoms with E-state index in [9.17, 15) is 0 Å². The van der Waals surface area contributed by atoms with E-state index in [1.54, 1.807) is 11.8 Å². The third-order valence-corrected chi connectivity index (χ3v) is 4.83. The average molecular weight is 334 g/mol. The van der Waals surface area contributed by atoms with Gasteiger partial charge in [-0.15, -0.1) is 35.5 Å². The molecule has 7 heteroatoms. The van der Waals surface area contributed by atoms with Gasteiger partial charge in [0.1, 0.15) is 5.84 Å². The zero-order chi connectivity index (χ0) is 13.1. The average Bonchev–Trinajstić information content (AvgIpc) is 2.75. The topological polar surface area (TPSA) is 61.9 Å². The zero-order valence-electron chi connectivity index (χ0n) is 10.1. The lowest BCUT2D eigenvalue weighted by molar-refractivity contribution is 1.45. The number of thioether (sulfide) groups is 1. The Bertz CT molecular complexity index is 567. The Kier molecular flexibility index (Phi) is 6.00. The molecule has 0 saturated heterocycles. The Labute approximate surface area is 131 Å². The number of hydrogen-bond donors (Lipinski definition) is 3. The molecule has 2 aromatic rings. The highest BCUT2D eigenvalue weighted by Gasteiger charge is 2.10. The van der Waals surface area contributed by atoms with Gasteiger partial charge in [0.05, 0.1) is 14.8 Å². The third-order valence-electron chi connectivity index (χ3n) is 2.27. The Hall–Kier alpha value is -0.880. The molecule has 102 valence electrons. The number of nitrogens with two attached hydrogens (primary N) is 1. The number of thiophene rings is 1. The van der Waals surface area contributed by atoms with Crippen molar-refractivity contribution in [3.05, 3.63) is 40.2 Å². The van der Waals surface area contributed by atoms with E-state index in [1.807, 2.05) is 36.6 Å². The first kappa shape index (κ1) is 16.2. The van der Waals surface area contributed by atoms with Gasteiger partial charge >= 0.3 is 0 Å². The highest BCUT2D eigenvalue weighted by Crippen LogP contribution is 2.36. The molecule has 0 fully saturated rings. The molecule has 0 radical (unpaired) electrons. The molecule has 0 unspecified atom stereocenters. The minimum absolute atomic E-state index is 0. The van der Waals surface area contributed by atoms with E-state index in [0.29, 0.717) is 5.02 Å². The van der Waals surface area contributed by atoms with Crippen LogP contribution in [0.4, 0.5) is 11.4 Å². The number of nitrogen functional groups attached to an aromatic ring is 1. The third kappa shape index (κ3) is 4.04. The van der Waals surface area contributed by atoms with Crippen molar-refractivity contribution in [3.8, 4) is 0 Å². The molecule has 1 aromatic heterocycles. The van der Waals surface area contributed by atoms with E-state index in [4.69, 9.17) is 22.7 Å². The van der Waals surface area contributed by atoms with Gasteiger partial charge in [0.15, 0.2) is 0 Å². The van der Waals surface area contributed by atoms with Crippen LogP contribution in [0.2, 0.25) is 5.02 Å². The van der Waals surface area contributed by atoms with Gasteiger partial charge < -0.3 is 11.1 Å². The van der Waals surface area contributed by atoms with Crippen molar-refractivity contribution >= 4 is 64.3 Å². The summed E-state index contributed by atoms with van der Waals surface area (Å²) in [5.41, 5.74) is 7.44. The van der Waals surface area contributed by atoms with E-state index >= 15 is 0 Å². The van der Waals surface area contributed by atoms with Gasteiger partial charge in [0, 0.05) is 10.7 Å². The molecule has 0 bridgehead atoms. The normalized spacial score (nSPS) is 9.79. The zero-order valence-corrected chi connectivity index (χ0v) is 13.3. The predicted molar refractivity (Wildman–Crippen MR) is 89.1 cm³/mol. The number of benzene rings is 1. The van der Waals surface area contributed by atoms with Crippen molar-refractivity contribution in [3.63, 3.8) is 0 Å². The minimum Gasteiger partial charge on any atom is -0.383 e. The van der Waals surface area contributed by atoms with Crippen molar-refractivity contribution in [2.24, 2.45) is 5.73 Å². The Morgan fingerprint density at radius 2 is 2.00 bits per heavy atom. The fourth-order valence-electron chi connectivity index (χ4n) is 1.43. The van der Waals surface area contributed by atoms with Crippen LogP contribution >= 0.6 is 47.1 Å². The van der Waals surface area contributed by atoms with Crippen LogP contribution in [0.1, 0.15) is 4.88 Å². The molecule has 0 amide bonds. The van der Waals surface area contributed by atoms with Crippen molar-refractivity contribution in [2.45, 2.75) is 4.21 Å². The van der Waals surface area contributed by atoms with Crippen LogP contribution in [0.5, 0.6) is 0 Å². The van der Waals surface area contributed by atoms with Crippen LogP contribution in [0, 0.1) is 5.41 Å². The van der Waals surface area contributed by atoms with Crippen LogP contribution < -0.4 is 11.1 Å². The highest BCUT2D eigenvalue weighted by atomic mass is 35.5. The Balaban J connectivity index is 0.00000180. The summed E-state index contributed by atoms with van der Waals surface area (Å²) >= 11 is 8.99. The fraction of sp³-hybridized carbons (Fsp3) is 0.0833. The number of hydrogen-bond acceptors (Lipinski definition) is 4. The quantitative estimate of drug-likeness (QED) is 0.436. The van der Waals surface area contributed by atoms with E-state index in [2.05, 4.69) is 5.32 Å². The van der Waals surface area contributed by atoms with Crippen LogP contribution in [-0.4, -0.2) is 12.1 Å². The van der Waals surface area contributed by atoms with Crippen molar-refractivity contribution in [1.29, 1.82) is 5.41 Å². The summed E-state index contributed by atoms with van der Waals surface area (Å²) in [6, 6.07) is 9.39. The summed E-state index contributed by atoms with van der Waals surface area (Å²) in [6.45, 7) is 0. The summed E-state index contributed by atoms with van der Waals surface area (Å²) in [5.74, 6) is 0.0967. The first-order valence-electron chi connectivity index (χ1n) is 5.15. The van der Waals surface area contributed by atoms with Crippen LogP contribution in [0.15, 0.2) is 34.5 Å². The van der Waals surface area contributed by atoms with E-state index in [0.717, 1.165) is 20.5 Å². The minimum atomic E-state index is 0. The maximum Gasteiger partial charge on any atom is 0.133 e. The molecular formula is C12H13Cl2N3S2. The molecule has 1 heterocycles. The van der Waals surface area contributed by atoms with Gasteiger partial charge in [0.2, 0.25) is 0 Å². The maximum absolute atomic E-state index is 7.46. The first-order valence-corrected chi connectivity index (χ1v) is 7.57. The van der Waals surface area contributed by atoms with Crippen LogP contribution in [-0.2, 0) is 0 Å². The molecule has 0 saturated carbocycles. The molecule has 1 aromatic carbocycles. The summed E-state index contributed by atoms with van der Waals surface area (Å²) in [6.07, 6.45) is 2.00. The maximum atomic E-state index is 7.46. The summed E-state index contributed by atoms with van der Waals surface area (Å²) in [4.78, 5) is 0.774. The first-order chi connectivity index (χ1) is 8.60. The number of anilines is 2. The lowest BCUT2D eigenvalue weighted by atomic mass is 10.3. The molecule has 0 spiro atoms. The van der Waals surface area contributed by atoms with Crippen molar-refractivity contribution in [2.75, 3.05) is 11.6 Å². The molecule has 0 aliphatic rings. The van der Waals surface area contributed by atoms with E-state index < -0.39 is 0 Å². The SMILES string of the molecule is CSc1sc(C(=N)N)cc1Nc1ccc(Cl)cc1.Cl. The monoisotopic (exact) mass is 333 g/mol. The predicted octanol–water partition coefficient (Wildman–Crippen LogP) is 4.57. The van der Waals surface area contributed by atoms with Gasteiger partial charge in [0.25, 0.3) is 0 Å². The molecule has 19 heavy (non-hydrogen) atoms. The number of halogens is 2. The largest absolute Gasteiger partial charge is 0.383 e. The van der Waals surface area contributed by atoms with Gasteiger partial charge in [-0.3, -0.25) is 5.41 Å². The number of rotatable bonds is 4. The highest BCUT2D eigenvalue weighted by molar-refractivity contribution is 8.00. The molecule has 2 rings (SSSR count). The second-order valence-corrected chi connectivity index (χ2v) is 6.13. The van der Waals surface area contributed by atoms with Gasteiger partial charge in [-0.1, -0.05) is 11.6 Å². The number of nitrogens with one attached hydrogen (secondary N) is 2. The van der Waals surface area contributed by atoms with Crippen molar-refractivity contribution < 1.29 is 0 Å². The van der Waals surface area contributed by atoms with E-state index in [1.165, 1.54) is 11.3 Å². The lowest BCUT2D eigenvalue weighted by Gasteiger charge is -2.05. The molecule has 0 atom stereocenters. The summed E-state index contributed by atoms with van der Waals surface area (Å²) < 4.78 is 1.11. The van der Waals surface area contributed by atoms with E-state index in [-0.39, 0.29) is 18.2 Å². The molecular weight excluding hydrogens is 321 g/mol. The smallest absolute Gasteiger partial charge is 0.133 e. The van der Waals surface area contributed by atoms with Gasteiger partial charge in [-0.2, -0.15) is 0 Å². The Morgan fingerprint density at radius 1 is 1.37 bits per heavy atom. The molecule has 3 nitrogen and oxygen atoms in total. The van der Waals surface area contributed by atoms with Gasteiger partial charge in [-0.05, 0) is 36.6 Å². The van der Waals surface area contributed by atoms with Crippen molar-refractivity contribution in [1.82, 2.24) is 0 Å². The lowest BCUT2D eigenvalue weighted by Crippen LogP contribution is -2.08. The second kappa shape index (κ2) is 7.05. The summed E-state index contributed by atoms with van der Waals surface area (Å²) in [7, 11) is 0. The molecule has 4 N–H and O–H groups in total. The Morgan fingerprint density at radius 3 is 2.53 bits per heavy atom.